The highest BCUT2D eigenvalue weighted by molar-refractivity contribution is 5.97. The molecule has 7 heteroatoms. The Labute approximate surface area is 159 Å². The minimum atomic E-state index is -0.682. The van der Waals surface area contributed by atoms with Gasteiger partial charge < -0.3 is 16.0 Å². The first-order valence-electron chi connectivity index (χ1n) is 9.42. The lowest BCUT2D eigenvalue weighted by Gasteiger charge is -2.36. The summed E-state index contributed by atoms with van der Waals surface area (Å²) in [5.74, 6) is 0.241. The summed E-state index contributed by atoms with van der Waals surface area (Å²) in [5.41, 5.74) is 0.744. The monoisotopic (exact) mass is 369 g/mol. The highest BCUT2D eigenvalue weighted by Crippen LogP contribution is 2.29. The Bertz CT molecular complexity index is 762. The molecule has 0 saturated carbocycles. The van der Waals surface area contributed by atoms with Crippen molar-refractivity contribution in [2.45, 2.75) is 38.6 Å². The average molecular weight is 369 g/mol. The molecular formula is C20H27N5O2. The van der Waals surface area contributed by atoms with E-state index >= 15 is 0 Å². The van der Waals surface area contributed by atoms with Crippen LogP contribution >= 0.6 is 0 Å². The van der Waals surface area contributed by atoms with Gasteiger partial charge in [0.25, 0.3) is 5.91 Å². The highest BCUT2D eigenvalue weighted by atomic mass is 16.2. The summed E-state index contributed by atoms with van der Waals surface area (Å²) in [5, 5.41) is 13.5. The van der Waals surface area contributed by atoms with Gasteiger partial charge in [0.1, 0.15) is 5.54 Å². The predicted octanol–water partition coefficient (Wildman–Crippen LogP) is 2.59. The summed E-state index contributed by atoms with van der Waals surface area (Å²) in [4.78, 5) is 25.0. The van der Waals surface area contributed by atoms with Crippen LogP contribution in [0.3, 0.4) is 0 Å². The molecule has 1 fully saturated rings. The third-order valence-electron chi connectivity index (χ3n) is 4.82. The molecule has 1 aromatic carbocycles. The molecule has 27 heavy (non-hydrogen) atoms. The number of nitrogens with one attached hydrogen (secondary N) is 3. The van der Waals surface area contributed by atoms with Gasteiger partial charge in [-0.2, -0.15) is 5.10 Å². The molecule has 3 rings (SSSR count). The van der Waals surface area contributed by atoms with E-state index in [1.807, 2.05) is 26.1 Å². The van der Waals surface area contributed by atoms with Crippen molar-refractivity contribution < 1.29 is 9.59 Å². The molecule has 3 N–H and O–H groups in total. The highest BCUT2D eigenvalue weighted by Gasteiger charge is 2.42. The zero-order chi connectivity index (χ0) is 19.3. The number of carbonyl (C=O) groups is 2. The molecule has 0 radical (unpaired) electrons. The molecule has 2 amide bonds. The maximum absolute atomic E-state index is 13.1. The lowest BCUT2D eigenvalue weighted by Crippen LogP contribution is -2.52. The van der Waals surface area contributed by atoms with Gasteiger partial charge >= 0.3 is 0 Å². The fraction of sp³-hybridized carbons (Fsp3) is 0.450. The van der Waals surface area contributed by atoms with Crippen molar-refractivity contribution in [2.24, 2.45) is 5.92 Å². The number of benzene rings is 1. The first-order valence-corrected chi connectivity index (χ1v) is 9.42. The number of hydrogen-bond donors (Lipinski definition) is 3. The average Bonchev–Trinajstić information content (AvgIpc) is 3.18. The molecule has 0 aliphatic carbocycles. The molecule has 1 aliphatic rings. The van der Waals surface area contributed by atoms with E-state index in [0.717, 1.165) is 18.8 Å². The number of amides is 2. The largest absolute Gasteiger partial charge is 0.326 e. The van der Waals surface area contributed by atoms with Crippen molar-refractivity contribution >= 4 is 23.2 Å². The zero-order valence-electron chi connectivity index (χ0n) is 15.9. The second kappa shape index (κ2) is 8.35. The number of rotatable bonds is 6. The fourth-order valence-corrected chi connectivity index (χ4v) is 3.39. The van der Waals surface area contributed by atoms with Crippen LogP contribution in [-0.2, 0) is 15.1 Å². The van der Waals surface area contributed by atoms with Crippen molar-refractivity contribution in [3.05, 3.63) is 42.7 Å². The predicted molar refractivity (Wildman–Crippen MR) is 105 cm³/mol. The normalized spacial score (nSPS) is 16.1. The van der Waals surface area contributed by atoms with Crippen LogP contribution in [0.15, 0.2) is 42.7 Å². The third kappa shape index (κ3) is 4.54. The quantitative estimate of drug-likeness (QED) is 0.730. The van der Waals surface area contributed by atoms with Crippen molar-refractivity contribution in [2.75, 3.05) is 23.7 Å². The van der Waals surface area contributed by atoms with Crippen LogP contribution < -0.4 is 16.0 Å². The molecule has 1 saturated heterocycles. The summed E-state index contributed by atoms with van der Waals surface area (Å²) in [6.45, 7) is 5.56. The Morgan fingerprint density at radius 2 is 1.78 bits per heavy atom. The molecule has 2 heterocycles. The molecule has 0 unspecified atom stereocenters. The molecule has 2 aromatic rings. The standard InChI is InChI=1S/C20H27N5O2/c1-15(2)14-18(26)23-16-4-6-17(7-5-16)24-19(27)20(8-11-21-12-9-20)25-13-3-10-22-25/h3-7,10,13,15,21H,8-9,11-12,14H2,1-2H3,(H,23,26)(H,24,27). The summed E-state index contributed by atoms with van der Waals surface area (Å²) in [6, 6.07) is 9.06. The molecule has 1 aliphatic heterocycles. The lowest BCUT2D eigenvalue weighted by molar-refractivity contribution is -0.126. The molecule has 144 valence electrons. The third-order valence-corrected chi connectivity index (χ3v) is 4.82. The minimum absolute atomic E-state index is 0.00544. The minimum Gasteiger partial charge on any atom is -0.326 e. The molecule has 0 spiro atoms. The summed E-state index contributed by atoms with van der Waals surface area (Å²) in [6.07, 6.45) is 5.40. The van der Waals surface area contributed by atoms with E-state index in [1.54, 1.807) is 35.1 Å². The first-order chi connectivity index (χ1) is 13.0. The number of aromatic nitrogens is 2. The van der Waals surface area contributed by atoms with Gasteiger partial charge in [-0.1, -0.05) is 13.8 Å². The maximum Gasteiger partial charge on any atom is 0.252 e. The van der Waals surface area contributed by atoms with Crippen LogP contribution in [0.4, 0.5) is 11.4 Å². The Hall–Kier alpha value is -2.67. The van der Waals surface area contributed by atoms with Crippen molar-refractivity contribution in [3.63, 3.8) is 0 Å². The first kappa shape index (κ1) is 19.1. The van der Waals surface area contributed by atoms with E-state index in [4.69, 9.17) is 0 Å². The number of anilines is 2. The van der Waals surface area contributed by atoms with Crippen LogP contribution in [-0.4, -0.2) is 34.7 Å². The SMILES string of the molecule is CC(C)CC(=O)Nc1ccc(NC(=O)C2(n3cccn3)CCNCC2)cc1. The molecule has 7 nitrogen and oxygen atoms in total. The van der Waals surface area contributed by atoms with E-state index in [-0.39, 0.29) is 11.8 Å². The van der Waals surface area contributed by atoms with Crippen LogP contribution in [0.5, 0.6) is 0 Å². The number of nitrogens with zero attached hydrogens (tertiary/aromatic N) is 2. The maximum atomic E-state index is 13.1. The van der Waals surface area contributed by atoms with E-state index in [0.29, 0.717) is 30.9 Å². The zero-order valence-corrected chi connectivity index (χ0v) is 15.9. The van der Waals surface area contributed by atoms with Gasteiger partial charge in [0.05, 0.1) is 0 Å². The van der Waals surface area contributed by atoms with Crippen molar-refractivity contribution in [1.82, 2.24) is 15.1 Å². The van der Waals surface area contributed by atoms with Gasteiger partial charge in [0.15, 0.2) is 0 Å². The second-order valence-corrected chi connectivity index (χ2v) is 7.41. The molecule has 0 atom stereocenters. The Morgan fingerprint density at radius 3 is 2.33 bits per heavy atom. The van der Waals surface area contributed by atoms with Gasteiger partial charge in [0, 0.05) is 30.2 Å². The summed E-state index contributed by atoms with van der Waals surface area (Å²) >= 11 is 0. The fourth-order valence-electron chi connectivity index (χ4n) is 3.39. The molecule has 1 aromatic heterocycles. The Morgan fingerprint density at radius 1 is 1.15 bits per heavy atom. The van der Waals surface area contributed by atoms with Crippen LogP contribution in [0.2, 0.25) is 0 Å². The van der Waals surface area contributed by atoms with E-state index in [2.05, 4.69) is 21.0 Å². The number of carbonyl (C=O) groups excluding carboxylic acids is 2. The van der Waals surface area contributed by atoms with Gasteiger partial charge in [0.2, 0.25) is 5.91 Å². The molecule has 0 bridgehead atoms. The summed E-state index contributed by atoms with van der Waals surface area (Å²) in [7, 11) is 0. The smallest absolute Gasteiger partial charge is 0.252 e. The van der Waals surface area contributed by atoms with Crippen molar-refractivity contribution in [1.29, 1.82) is 0 Å². The van der Waals surface area contributed by atoms with Crippen molar-refractivity contribution in [3.8, 4) is 0 Å². The van der Waals surface area contributed by atoms with Gasteiger partial charge in [-0.05, 0) is 62.2 Å². The Kier molecular flexibility index (Phi) is 5.91. The lowest BCUT2D eigenvalue weighted by atomic mass is 9.87. The number of hydrogen-bond acceptors (Lipinski definition) is 4. The van der Waals surface area contributed by atoms with Crippen LogP contribution in [0.1, 0.15) is 33.1 Å². The van der Waals surface area contributed by atoms with Gasteiger partial charge in [-0.25, -0.2) is 0 Å². The van der Waals surface area contributed by atoms with Gasteiger partial charge in [-0.15, -0.1) is 0 Å². The molecular weight excluding hydrogens is 342 g/mol. The van der Waals surface area contributed by atoms with E-state index in [9.17, 15) is 9.59 Å². The van der Waals surface area contributed by atoms with Gasteiger partial charge in [-0.3, -0.25) is 14.3 Å². The summed E-state index contributed by atoms with van der Waals surface area (Å²) < 4.78 is 1.77. The van der Waals surface area contributed by atoms with Crippen LogP contribution in [0, 0.1) is 5.92 Å². The van der Waals surface area contributed by atoms with E-state index in [1.165, 1.54) is 0 Å². The van der Waals surface area contributed by atoms with E-state index < -0.39 is 5.54 Å². The second-order valence-electron chi connectivity index (χ2n) is 7.41. The van der Waals surface area contributed by atoms with Crippen LogP contribution in [0.25, 0.3) is 0 Å². The topological polar surface area (TPSA) is 88.1 Å². The Balaban J connectivity index is 1.68. The number of piperidine rings is 1.